The van der Waals surface area contributed by atoms with Crippen molar-refractivity contribution in [3.05, 3.63) is 105 Å². The Morgan fingerprint density at radius 1 is 1.00 bits per heavy atom. The smallest absolute Gasteiger partial charge is 0.449 e. The Balaban J connectivity index is 1.71. The zero-order valence-corrected chi connectivity index (χ0v) is 18.6. The second kappa shape index (κ2) is 9.80. The number of esters is 1. The number of benzene rings is 3. The third kappa shape index (κ3) is 5.28. The maximum atomic E-state index is 13.8. The van der Waals surface area contributed by atoms with Crippen LogP contribution < -0.4 is 14.9 Å². The van der Waals surface area contributed by atoms with Gasteiger partial charge in [-0.05, 0) is 42.8 Å². The number of halogens is 3. The van der Waals surface area contributed by atoms with Gasteiger partial charge >= 0.3 is 12.1 Å². The summed E-state index contributed by atoms with van der Waals surface area (Å²) in [6.45, 7) is 1.79. The highest BCUT2D eigenvalue weighted by atomic mass is 19.4. The van der Waals surface area contributed by atoms with Gasteiger partial charge in [0.15, 0.2) is 0 Å². The average molecular weight is 491 g/mol. The minimum absolute atomic E-state index is 0.0255. The molecule has 1 heterocycles. The summed E-state index contributed by atoms with van der Waals surface area (Å²) in [5, 5.41) is 9.10. The molecule has 0 atom stereocenters. The Bertz CT molecular complexity index is 1560. The van der Waals surface area contributed by atoms with Crippen LogP contribution in [-0.4, -0.2) is 5.97 Å². The van der Waals surface area contributed by atoms with E-state index in [0.29, 0.717) is 5.56 Å². The van der Waals surface area contributed by atoms with Crippen molar-refractivity contribution < 1.29 is 31.9 Å². The van der Waals surface area contributed by atoms with Crippen molar-refractivity contribution in [2.75, 3.05) is 0 Å². The first-order valence-corrected chi connectivity index (χ1v) is 10.5. The lowest BCUT2D eigenvalue weighted by Gasteiger charge is -2.13. The lowest BCUT2D eigenvalue weighted by atomic mass is 10.1. The fraction of sp³-hybridized carbons (Fsp3) is 0.0741. The van der Waals surface area contributed by atoms with Crippen molar-refractivity contribution in [1.29, 1.82) is 5.26 Å². The predicted octanol–water partition coefficient (Wildman–Crippen LogP) is 6.43. The Labute approximate surface area is 202 Å². The van der Waals surface area contributed by atoms with Crippen molar-refractivity contribution in [1.82, 2.24) is 0 Å². The lowest BCUT2D eigenvalue weighted by molar-refractivity contribution is -0.154. The third-order valence-electron chi connectivity index (χ3n) is 4.98. The van der Waals surface area contributed by atoms with Crippen LogP contribution >= 0.6 is 0 Å². The molecule has 0 aliphatic rings. The van der Waals surface area contributed by atoms with E-state index in [1.54, 1.807) is 55.5 Å². The number of alkyl halides is 3. The first-order valence-electron chi connectivity index (χ1n) is 10.5. The van der Waals surface area contributed by atoms with Crippen LogP contribution in [0.1, 0.15) is 16.9 Å². The molecule has 4 aromatic rings. The molecule has 0 unspecified atom stereocenters. The molecule has 0 radical (unpaired) electrons. The van der Waals surface area contributed by atoms with Crippen LogP contribution in [-0.2, 0) is 11.0 Å². The zero-order chi connectivity index (χ0) is 25.9. The molecule has 1 aromatic heterocycles. The van der Waals surface area contributed by atoms with E-state index >= 15 is 0 Å². The van der Waals surface area contributed by atoms with Crippen molar-refractivity contribution in [2.45, 2.75) is 13.1 Å². The highest BCUT2D eigenvalue weighted by Crippen LogP contribution is 2.38. The van der Waals surface area contributed by atoms with E-state index in [9.17, 15) is 28.0 Å². The summed E-state index contributed by atoms with van der Waals surface area (Å²) in [7, 11) is 0. The fourth-order valence-corrected chi connectivity index (χ4v) is 3.24. The second-order valence-corrected chi connectivity index (χ2v) is 7.63. The number of rotatable bonds is 5. The van der Waals surface area contributed by atoms with Gasteiger partial charge in [-0.3, -0.25) is 4.79 Å². The normalized spacial score (nSPS) is 11.7. The molecule has 0 saturated carbocycles. The van der Waals surface area contributed by atoms with Crippen molar-refractivity contribution in [3.8, 4) is 23.3 Å². The summed E-state index contributed by atoms with van der Waals surface area (Å²) in [6.07, 6.45) is -3.74. The fourth-order valence-electron chi connectivity index (χ4n) is 3.24. The number of ether oxygens (including phenoxy) is 2. The van der Waals surface area contributed by atoms with Gasteiger partial charge in [-0.15, -0.1) is 0 Å². The Kier molecular flexibility index (Phi) is 6.61. The van der Waals surface area contributed by atoms with Gasteiger partial charge in [-0.1, -0.05) is 48.0 Å². The van der Waals surface area contributed by atoms with Gasteiger partial charge < -0.3 is 13.9 Å². The first kappa shape index (κ1) is 24.3. The second-order valence-electron chi connectivity index (χ2n) is 7.63. The number of fused-ring (bicyclic) bond motifs is 1. The molecule has 36 heavy (non-hydrogen) atoms. The number of nitriles is 1. The summed E-state index contributed by atoms with van der Waals surface area (Å²) in [5.41, 5.74) is -0.431. The molecule has 0 N–H and O–H groups in total. The molecule has 4 rings (SSSR count). The monoisotopic (exact) mass is 491 g/mol. The van der Waals surface area contributed by atoms with Crippen LogP contribution in [0.15, 0.2) is 87.6 Å². The topological polar surface area (TPSA) is 89.5 Å². The van der Waals surface area contributed by atoms with E-state index in [-0.39, 0.29) is 22.5 Å². The van der Waals surface area contributed by atoms with E-state index in [4.69, 9.17) is 13.9 Å². The summed E-state index contributed by atoms with van der Waals surface area (Å²) < 4.78 is 56.7. The van der Waals surface area contributed by atoms with Crippen molar-refractivity contribution >= 4 is 23.0 Å². The van der Waals surface area contributed by atoms with E-state index in [2.05, 4.69) is 0 Å². The van der Waals surface area contributed by atoms with Gasteiger partial charge in [-0.2, -0.15) is 18.4 Å². The number of aryl methyl sites for hydroxylation is 1. The summed E-state index contributed by atoms with van der Waals surface area (Å²) >= 11 is 0. The Hall–Kier alpha value is -4.84. The molecule has 0 spiro atoms. The van der Waals surface area contributed by atoms with Crippen molar-refractivity contribution in [3.63, 3.8) is 0 Å². The van der Waals surface area contributed by atoms with Crippen LogP contribution in [0, 0.1) is 18.3 Å². The maximum Gasteiger partial charge on any atom is 0.453 e. The quantitative estimate of drug-likeness (QED) is 0.138. The molecule has 0 bridgehead atoms. The van der Waals surface area contributed by atoms with Crippen LogP contribution in [0.4, 0.5) is 13.2 Å². The predicted molar refractivity (Wildman–Crippen MR) is 124 cm³/mol. The average Bonchev–Trinajstić information content (AvgIpc) is 2.85. The van der Waals surface area contributed by atoms with Gasteiger partial charge in [0, 0.05) is 6.07 Å². The van der Waals surface area contributed by atoms with E-state index in [1.165, 1.54) is 24.3 Å². The van der Waals surface area contributed by atoms with E-state index in [0.717, 1.165) is 17.7 Å². The molecule has 6 nitrogen and oxygen atoms in total. The summed E-state index contributed by atoms with van der Waals surface area (Å²) in [5.74, 6) is -3.87. The van der Waals surface area contributed by atoms with Gasteiger partial charge in [0.25, 0.3) is 5.76 Å². The molecule has 0 fully saturated rings. The number of nitrogens with zero attached hydrogens (tertiary/aromatic N) is 1. The van der Waals surface area contributed by atoms with Gasteiger partial charge in [0.2, 0.25) is 11.2 Å². The number of carbonyl (C=O) groups excluding carboxylic acids is 1. The Morgan fingerprint density at radius 2 is 1.67 bits per heavy atom. The number of carbonyl (C=O) groups is 1. The maximum absolute atomic E-state index is 13.8. The molecule has 0 saturated heterocycles. The number of hydrogen-bond donors (Lipinski definition) is 0. The SMILES string of the molecule is Cc1ccc(Oc2c(C(F)(F)F)oc3cc(OC(=O)C(C#N)=Cc4ccccc4)ccc3c2=O)cc1. The lowest BCUT2D eigenvalue weighted by Crippen LogP contribution is -2.16. The van der Waals surface area contributed by atoms with E-state index in [1.807, 2.05) is 0 Å². The standard InChI is InChI=1S/C27H16F3NO5/c1-16-7-9-19(10-8-16)34-24-23(32)21-12-11-20(14-22(21)36-25(24)27(28,29)30)35-26(33)18(15-31)13-17-5-3-2-4-6-17/h2-14H,1H3. The molecule has 0 aliphatic heterocycles. The van der Waals surface area contributed by atoms with Crippen LogP contribution in [0.3, 0.4) is 0 Å². The highest BCUT2D eigenvalue weighted by Gasteiger charge is 2.40. The molecule has 180 valence electrons. The molecule has 3 aromatic carbocycles. The van der Waals surface area contributed by atoms with Gasteiger partial charge in [0.05, 0.1) is 5.39 Å². The van der Waals surface area contributed by atoms with Gasteiger partial charge in [-0.25, -0.2) is 4.79 Å². The molecule has 9 heteroatoms. The first-order chi connectivity index (χ1) is 17.2. The zero-order valence-electron chi connectivity index (χ0n) is 18.6. The summed E-state index contributed by atoms with van der Waals surface area (Å²) in [4.78, 5) is 25.4. The molecule has 0 aliphatic carbocycles. The van der Waals surface area contributed by atoms with Crippen LogP contribution in [0.25, 0.3) is 17.0 Å². The van der Waals surface area contributed by atoms with Crippen LogP contribution in [0.5, 0.6) is 17.2 Å². The molecular weight excluding hydrogens is 475 g/mol. The highest BCUT2D eigenvalue weighted by molar-refractivity contribution is 5.99. The Morgan fingerprint density at radius 3 is 2.31 bits per heavy atom. The molecule has 0 amide bonds. The van der Waals surface area contributed by atoms with Crippen LogP contribution in [0.2, 0.25) is 0 Å². The number of hydrogen-bond acceptors (Lipinski definition) is 6. The van der Waals surface area contributed by atoms with Crippen molar-refractivity contribution in [2.24, 2.45) is 0 Å². The largest absolute Gasteiger partial charge is 0.453 e. The van der Waals surface area contributed by atoms with Gasteiger partial charge in [0.1, 0.15) is 28.7 Å². The van der Waals surface area contributed by atoms with E-state index < -0.39 is 34.7 Å². The third-order valence-corrected chi connectivity index (χ3v) is 4.98. The minimum atomic E-state index is -5.05. The molecular formula is C27H16F3NO5. The summed E-state index contributed by atoms with van der Waals surface area (Å²) in [6, 6.07) is 19.7. The minimum Gasteiger partial charge on any atom is -0.449 e.